The van der Waals surface area contributed by atoms with Crippen LogP contribution in [-0.2, 0) is 11.3 Å². The van der Waals surface area contributed by atoms with Crippen molar-refractivity contribution in [3.63, 3.8) is 0 Å². The van der Waals surface area contributed by atoms with Gasteiger partial charge < -0.3 is 9.64 Å². The molecule has 7 nitrogen and oxygen atoms in total. The van der Waals surface area contributed by atoms with Crippen molar-refractivity contribution in [1.82, 2.24) is 15.0 Å². The Bertz CT molecular complexity index is 1050. The number of morpholine rings is 1. The van der Waals surface area contributed by atoms with Gasteiger partial charge in [-0.2, -0.15) is 10.1 Å². The highest BCUT2D eigenvalue weighted by molar-refractivity contribution is 6.33. The second-order valence-electron chi connectivity index (χ2n) is 6.79. The van der Waals surface area contributed by atoms with E-state index in [1.165, 1.54) is 0 Å². The van der Waals surface area contributed by atoms with Gasteiger partial charge in [-0.25, -0.2) is 9.37 Å². The molecule has 3 aromatic rings. The Hall–Kier alpha value is -2.97. The number of azo groups is 1. The number of aromatic nitrogens is 3. The molecule has 0 bridgehead atoms. The van der Waals surface area contributed by atoms with Crippen molar-refractivity contribution >= 4 is 23.4 Å². The Morgan fingerprint density at radius 2 is 1.93 bits per heavy atom. The third kappa shape index (κ3) is 4.60. The first-order valence-electron chi connectivity index (χ1n) is 9.56. The molecule has 0 saturated carbocycles. The molecule has 3 heterocycles. The van der Waals surface area contributed by atoms with Crippen LogP contribution < -0.4 is 4.90 Å². The summed E-state index contributed by atoms with van der Waals surface area (Å²) in [7, 11) is 0. The Kier molecular flexibility index (Phi) is 6.25. The third-order valence-electron chi connectivity index (χ3n) is 4.70. The van der Waals surface area contributed by atoms with Gasteiger partial charge >= 0.3 is 0 Å². The van der Waals surface area contributed by atoms with Crippen molar-refractivity contribution in [3.05, 3.63) is 64.7 Å². The first-order valence-corrected chi connectivity index (χ1v) is 9.94. The molecule has 0 radical (unpaired) electrons. The summed E-state index contributed by atoms with van der Waals surface area (Å²) in [6, 6.07) is 11.4. The Morgan fingerprint density at radius 3 is 2.73 bits per heavy atom. The van der Waals surface area contributed by atoms with Crippen molar-refractivity contribution in [2.24, 2.45) is 10.2 Å². The summed E-state index contributed by atoms with van der Waals surface area (Å²) in [5.41, 5.74) is 3.45. The first kappa shape index (κ1) is 20.3. The van der Waals surface area contributed by atoms with Crippen LogP contribution in [0.15, 0.2) is 52.8 Å². The predicted octanol–water partition coefficient (Wildman–Crippen LogP) is 4.76. The summed E-state index contributed by atoms with van der Waals surface area (Å²) >= 11 is 6.35. The van der Waals surface area contributed by atoms with Gasteiger partial charge in [0.2, 0.25) is 0 Å². The molecule has 1 fully saturated rings. The quantitative estimate of drug-likeness (QED) is 0.550. The molecule has 1 aromatic carbocycles. The summed E-state index contributed by atoms with van der Waals surface area (Å²) in [5.74, 6) is -0.159. The lowest BCUT2D eigenvalue weighted by atomic mass is 10.0. The summed E-state index contributed by atoms with van der Waals surface area (Å²) in [5, 5.41) is 8.84. The molecule has 0 N–H and O–H groups in total. The minimum atomic E-state index is -0.486. The molecule has 1 aliphatic heterocycles. The maximum atomic E-state index is 14.1. The number of ether oxygens (including phenoxy) is 1. The summed E-state index contributed by atoms with van der Waals surface area (Å²) in [4.78, 5) is 14.6. The lowest BCUT2D eigenvalue weighted by Crippen LogP contribution is -2.37. The zero-order chi connectivity index (χ0) is 20.9. The largest absolute Gasteiger partial charge is 0.378 e. The molecule has 9 heteroatoms. The van der Waals surface area contributed by atoms with Crippen LogP contribution in [0.2, 0.25) is 5.02 Å². The van der Waals surface area contributed by atoms with Gasteiger partial charge in [-0.1, -0.05) is 29.8 Å². The maximum Gasteiger partial charge on any atom is 0.270 e. The van der Waals surface area contributed by atoms with E-state index in [0.717, 1.165) is 28.7 Å². The van der Waals surface area contributed by atoms with Gasteiger partial charge in [-0.05, 0) is 30.7 Å². The highest BCUT2D eigenvalue weighted by Gasteiger charge is 2.17. The standard InChI is InChI=1S/C21H20ClFN6O/c1-14-4-2-6-16(22)19(14)18-7-3-5-15(26-18)12-25-28-21-24-13-17(23)20(27-21)29-8-10-30-11-9-29/h2-7,13H,8-12H2,1H3. The van der Waals surface area contributed by atoms with Crippen LogP contribution in [0.4, 0.5) is 16.2 Å². The predicted molar refractivity (Wildman–Crippen MR) is 113 cm³/mol. The number of hydrogen-bond acceptors (Lipinski definition) is 7. The van der Waals surface area contributed by atoms with Crippen LogP contribution >= 0.6 is 11.6 Å². The smallest absolute Gasteiger partial charge is 0.270 e. The first-order chi connectivity index (χ1) is 14.6. The summed E-state index contributed by atoms with van der Waals surface area (Å²) in [6.07, 6.45) is 1.12. The minimum absolute atomic E-state index is 0.107. The molecule has 4 rings (SSSR count). The molecule has 154 valence electrons. The molecule has 2 aromatic heterocycles. The molecule has 30 heavy (non-hydrogen) atoms. The van der Waals surface area contributed by atoms with E-state index in [1.54, 1.807) is 0 Å². The van der Waals surface area contributed by atoms with Crippen LogP contribution in [0.1, 0.15) is 11.3 Å². The van der Waals surface area contributed by atoms with E-state index in [2.05, 4.69) is 25.2 Å². The van der Waals surface area contributed by atoms with E-state index >= 15 is 0 Å². The molecule has 1 aliphatic rings. The van der Waals surface area contributed by atoms with Crippen LogP contribution in [0, 0.1) is 12.7 Å². The maximum absolute atomic E-state index is 14.1. The van der Waals surface area contributed by atoms with Gasteiger partial charge in [0.15, 0.2) is 11.6 Å². The van der Waals surface area contributed by atoms with E-state index in [9.17, 15) is 4.39 Å². The molecule has 0 aliphatic carbocycles. The van der Waals surface area contributed by atoms with Gasteiger partial charge in [-0.15, -0.1) is 5.11 Å². The van der Waals surface area contributed by atoms with E-state index in [4.69, 9.17) is 16.3 Å². The average Bonchev–Trinajstić information content (AvgIpc) is 2.76. The van der Waals surface area contributed by atoms with E-state index < -0.39 is 5.82 Å². The fourth-order valence-corrected chi connectivity index (χ4v) is 3.55. The number of nitrogens with zero attached hydrogens (tertiary/aromatic N) is 6. The fourth-order valence-electron chi connectivity index (χ4n) is 3.23. The van der Waals surface area contributed by atoms with Gasteiger partial charge in [-0.3, -0.25) is 4.98 Å². The van der Waals surface area contributed by atoms with Gasteiger partial charge in [0, 0.05) is 18.7 Å². The number of anilines is 1. The SMILES string of the molecule is Cc1cccc(Cl)c1-c1cccc(CN=Nc2ncc(F)c(N3CCOCC3)n2)n1. The minimum Gasteiger partial charge on any atom is -0.378 e. The van der Waals surface area contributed by atoms with Gasteiger partial charge in [0.05, 0.1) is 35.8 Å². The fraction of sp³-hybridized carbons (Fsp3) is 0.286. The number of hydrogen-bond donors (Lipinski definition) is 0. The number of rotatable bonds is 5. The summed E-state index contributed by atoms with van der Waals surface area (Å²) in [6.45, 7) is 4.45. The van der Waals surface area contributed by atoms with E-state index in [1.807, 2.05) is 48.2 Å². The second-order valence-corrected chi connectivity index (χ2v) is 7.19. The van der Waals surface area contributed by atoms with Crippen molar-refractivity contribution in [2.45, 2.75) is 13.5 Å². The highest BCUT2D eigenvalue weighted by atomic mass is 35.5. The van der Waals surface area contributed by atoms with Gasteiger partial charge in [0.1, 0.15) is 6.54 Å². The third-order valence-corrected chi connectivity index (χ3v) is 5.02. The second kappa shape index (κ2) is 9.23. The van der Waals surface area contributed by atoms with Crippen molar-refractivity contribution in [1.29, 1.82) is 0 Å². The lowest BCUT2D eigenvalue weighted by Gasteiger charge is -2.27. The molecule has 0 amide bonds. The lowest BCUT2D eigenvalue weighted by molar-refractivity contribution is 0.122. The number of benzene rings is 1. The molecule has 1 saturated heterocycles. The van der Waals surface area contributed by atoms with Gasteiger partial charge in [0.25, 0.3) is 5.95 Å². The Labute approximate surface area is 178 Å². The molecule has 0 unspecified atom stereocenters. The normalized spacial score (nSPS) is 14.4. The number of pyridine rings is 1. The molecular weight excluding hydrogens is 407 g/mol. The van der Waals surface area contributed by atoms with Crippen LogP contribution in [-0.4, -0.2) is 41.3 Å². The zero-order valence-corrected chi connectivity index (χ0v) is 17.2. The van der Waals surface area contributed by atoms with Crippen LogP contribution in [0.3, 0.4) is 0 Å². The van der Waals surface area contributed by atoms with Crippen molar-refractivity contribution in [3.8, 4) is 11.3 Å². The zero-order valence-electron chi connectivity index (χ0n) is 16.4. The monoisotopic (exact) mass is 426 g/mol. The molecule has 0 spiro atoms. The van der Waals surface area contributed by atoms with Crippen molar-refractivity contribution < 1.29 is 9.13 Å². The van der Waals surface area contributed by atoms with Crippen molar-refractivity contribution in [2.75, 3.05) is 31.2 Å². The number of halogens is 2. The van der Waals surface area contributed by atoms with E-state index in [0.29, 0.717) is 31.3 Å². The van der Waals surface area contributed by atoms with Crippen LogP contribution in [0.25, 0.3) is 11.3 Å². The Morgan fingerprint density at radius 1 is 1.13 bits per heavy atom. The Balaban J connectivity index is 1.50. The number of aryl methyl sites for hydroxylation is 1. The van der Waals surface area contributed by atoms with E-state index in [-0.39, 0.29) is 18.3 Å². The molecular formula is C21H20ClFN6O. The summed E-state index contributed by atoms with van der Waals surface area (Å²) < 4.78 is 19.4. The topological polar surface area (TPSA) is 75.9 Å². The molecule has 0 atom stereocenters. The highest BCUT2D eigenvalue weighted by Crippen LogP contribution is 2.29. The average molecular weight is 427 g/mol. The van der Waals surface area contributed by atoms with Crippen LogP contribution in [0.5, 0.6) is 0 Å².